The van der Waals surface area contributed by atoms with E-state index in [4.69, 9.17) is 10.2 Å². The van der Waals surface area contributed by atoms with Crippen LogP contribution in [0.5, 0.6) is 0 Å². The molecule has 1 heterocycles. The van der Waals surface area contributed by atoms with Crippen LogP contribution in [0.1, 0.15) is 0 Å². The van der Waals surface area contributed by atoms with Gasteiger partial charge in [0.05, 0.1) is 0 Å². The summed E-state index contributed by atoms with van der Waals surface area (Å²) < 4.78 is 0. The Labute approximate surface area is 50.3 Å². The van der Waals surface area contributed by atoms with Gasteiger partial charge in [-0.2, -0.15) is 0 Å². The molecular formula is C4H5NO4. The van der Waals surface area contributed by atoms with Gasteiger partial charge in [0, 0.05) is 0 Å². The minimum atomic E-state index is -1.59. The van der Waals surface area contributed by atoms with Crippen molar-refractivity contribution in [3.8, 4) is 0 Å². The van der Waals surface area contributed by atoms with E-state index in [-0.39, 0.29) is 0 Å². The summed E-state index contributed by atoms with van der Waals surface area (Å²) >= 11 is 0. The summed E-state index contributed by atoms with van der Waals surface area (Å²) in [5, 5.41) is 18.8. The SMILES string of the molecule is O=C1NC(=O)[C@H](O)[C@H]1O. The van der Waals surface area contributed by atoms with Gasteiger partial charge >= 0.3 is 0 Å². The average molecular weight is 131 g/mol. The maximum atomic E-state index is 10.3. The normalized spacial score (nSPS) is 34.9. The number of hydrogen-bond donors (Lipinski definition) is 3. The third kappa shape index (κ3) is 0.797. The second-order valence-electron chi connectivity index (χ2n) is 1.74. The molecule has 0 aromatic heterocycles. The third-order valence-corrected chi connectivity index (χ3v) is 1.08. The molecule has 1 aliphatic heterocycles. The Morgan fingerprint density at radius 3 is 1.56 bits per heavy atom. The Morgan fingerprint density at radius 1 is 1.11 bits per heavy atom. The van der Waals surface area contributed by atoms with Crippen LogP contribution >= 0.6 is 0 Å². The molecule has 9 heavy (non-hydrogen) atoms. The fourth-order valence-corrected chi connectivity index (χ4v) is 0.556. The molecule has 3 N–H and O–H groups in total. The van der Waals surface area contributed by atoms with Crippen molar-refractivity contribution in [1.82, 2.24) is 5.32 Å². The van der Waals surface area contributed by atoms with Crippen LogP contribution in [0.4, 0.5) is 0 Å². The molecule has 0 spiro atoms. The molecule has 2 amide bonds. The van der Waals surface area contributed by atoms with E-state index in [0.29, 0.717) is 0 Å². The zero-order valence-electron chi connectivity index (χ0n) is 4.37. The smallest absolute Gasteiger partial charge is 0.258 e. The molecule has 1 saturated heterocycles. The van der Waals surface area contributed by atoms with E-state index in [1.807, 2.05) is 0 Å². The first-order valence-electron chi connectivity index (χ1n) is 2.34. The van der Waals surface area contributed by atoms with Gasteiger partial charge < -0.3 is 10.2 Å². The molecule has 50 valence electrons. The van der Waals surface area contributed by atoms with Crippen molar-refractivity contribution in [2.45, 2.75) is 12.2 Å². The fraction of sp³-hybridized carbons (Fsp3) is 0.500. The summed E-state index contributed by atoms with van der Waals surface area (Å²) in [6, 6.07) is 0. The van der Waals surface area contributed by atoms with Crippen LogP contribution in [-0.4, -0.2) is 34.2 Å². The zero-order valence-corrected chi connectivity index (χ0v) is 4.37. The Morgan fingerprint density at radius 2 is 1.44 bits per heavy atom. The average Bonchev–Trinajstić information content (AvgIpc) is 1.98. The number of nitrogens with one attached hydrogen (secondary N) is 1. The first-order chi connectivity index (χ1) is 4.13. The molecule has 1 aliphatic rings. The highest BCUT2D eigenvalue weighted by atomic mass is 16.4. The molecular weight excluding hydrogens is 126 g/mol. The van der Waals surface area contributed by atoms with Crippen molar-refractivity contribution in [3.63, 3.8) is 0 Å². The summed E-state index contributed by atoms with van der Waals surface area (Å²) in [7, 11) is 0. The van der Waals surface area contributed by atoms with E-state index in [9.17, 15) is 9.59 Å². The van der Waals surface area contributed by atoms with Crippen molar-refractivity contribution in [1.29, 1.82) is 0 Å². The molecule has 5 nitrogen and oxygen atoms in total. The lowest BCUT2D eigenvalue weighted by atomic mass is 10.2. The maximum Gasteiger partial charge on any atom is 0.258 e. The first-order valence-corrected chi connectivity index (χ1v) is 2.34. The molecule has 0 radical (unpaired) electrons. The number of hydrogen-bond acceptors (Lipinski definition) is 4. The van der Waals surface area contributed by atoms with Gasteiger partial charge in [0.1, 0.15) is 0 Å². The van der Waals surface area contributed by atoms with Crippen molar-refractivity contribution in [2.75, 3.05) is 0 Å². The lowest BCUT2D eigenvalue weighted by molar-refractivity contribution is -0.129. The van der Waals surface area contributed by atoms with Crippen LogP contribution in [0.25, 0.3) is 0 Å². The van der Waals surface area contributed by atoms with E-state index in [2.05, 4.69) is 0 Å². The van der Waals surface area contributed by atoms with Crippen molar-refractivity contribution < 1.29 is 19.8 Å². The summed E-state index contributed by atoms with van der Waals surface area (Å²) in [4.78, 5) is 20.5. The molecule has 0 aromatic carbocycles. The molecule has 1 rings (SSSR count). The molecule has 5 heteroatoms. The second-order valence-corrected chi connectivity index (χ2v) is 1.74. The lowest BCUT2D eigenvalue weighted by Crippen LogP contribution is -2.27. The van der Waals surface area contributed by atoms with Crippen LogP contribution in [0, 0.1) is 0 Å². The fourth-order valence-electron chi connectivity index (χ4n) is 0.556. The number of rotatable bonds is 0. The highest BCUT2D eigenvalue weighted by Crippen LogP contribution is 2.00. The van der Waals surface area contributed by atoms with E-state index in [1.54, 1.807) is 5.32 Å². The Kier molecular flexibility index (Phi) is 1.22. The molecule has 0 unspecified atom stereocenters. The molecule has 0 saturated carbocycles. The molecule has 0 aliphatic carbocycles. The Hall–Kier alpha value is -0.940. The second kappa shape index (κ2) is 1.78. The minimum Gasteiger partial charge on any atom is -0.380 e. The summed E-state index contributed by atoms with van der Waals surface area (Å²) in [5.74, 6) is -1.68. The third-order valence-electron chi connectivity index (χ3n) is 1.08. The standard InChI is InChI=1S/C4H5NO4/c6-1-2(7)4(9)5-3(1)8/h1-2,6-7H,(H,5,8,9)/t1-,2-/m1/s1. The minimum absolute atomic E-state index is 0.840. The number of aliphatic hydroxyl groups excluding tert-OH is 2. The lowest BCUT2D eigenvalue weighted by Gasteiger charge is -1.97. The van der Waals surface area contributed by atoms with Crippen LogP contribution in [0.15, 0.2) is 0 Å². The predicted octanol–water partition coefficient (Wildman–Crippen LogP) is -2.64. The highest BCUT2D eigenvalue weighted by Gasteiger charge is 2.38. The zero-order chi connectivity index (χ0) is 7.02. The van der Waals surface area contributed by atoms with Crippen molar-refractivity contribution in [3.05, 3.63) is 0 Å². The topological polar surface area (TPSA) is 86.6 Å². The molecule has 1 fully saturated rings. The number of carbonyl (C=O) groups excluding carboxylic acids is 2. The van der Waals surface area contributed by atoms with Crippen LogP contribution in [0.2, 0.25) is 0 Å². The van der Waals surface area contributed by atoms with E-state index in [0.717, 1.165) is 0 Å². The van der Waals surface area contributed by atoms with Gasteiger partial charge in [0.15, 0.2) is 12.2 Å². The van der Waals surface area contributed by atoms with E-state index >= 15 is 0 Å². The van der Waals surface area contributed by atoms with Crippen molar-refractivity contribution in [2.24, 2.45) is 0 Å². The Bertz CT molecular complexity index is 148. The number of aliphatic hydroxyl groups is 2. The van der Waals surface area contributed by atoms with Crippen molar-refractivity contribution >= 4 is 11.8 Å². The van der Waals surface area contributed by atoms with Crippen LogP contribution in [-0.2, 0) is 9.59 Å². The summed E-state index contributed by atoms with van der Waals surface area (Å²) in [5.41, 5.74) is 0. The van der Waals surface area contributed by atoms with Gasteiger partial charge in [-0.05, 0) is 0 Å². The van der Waals surface area contributed by atoms with Crippen LogP contribution in [0.3, 0.4) is 0 Å². The quantitative estimate of drug-likeness (QED) is 0.314. The highest BCUT2D eigenvalue weighted by molar-refractivity contribution is 6.07. The van der Waals surface area contributed by atoms with Gasteiger partial charge in [-0.3, -0.25) is 14.9 Å². The summed E-state index contributed by atoms with van der Waals surface area (Å²) in [6.45, 7) is 0. The monoisotopic (exact) mass is 131 g/mol. The number of carbonyl (C=O) groups is 2. The predicted molar refractivity (Wildman–Crippen MR) is 25.2 cm³/mol. The van der Waals surface area contributed by atoms with E-state index in [1.165, 1.54) is 0 Å². The van der Waals surface area contributed by atoms with Gasteiger partial charge in [-0.1, -0.05) is 0 Å². The largest absolute Gasteiger partial charge is 0.380 e. The van der Waals surface area contributed by atoms with E-state index < -0.39 is 24.0 Å². The number of amides is 2. The van der Waals surface area contributed by atoms with Gasteiger partial charge in [0.2, 0.25) is 0 Å². The summed E-state index contributed by atoms with van der Waals surface area (Å²) in [6.07, 6.45) is -3.17. The van der Waals surface area contributed by atoms with Gasteiger partial charge in [-0.25, -0.2) is 0 Å². The van der Waals surface area contributed by atoms with Gasteiger partial charge in [-0.15, -0.1) is 0 Å². The molecule has 0 bridgehead atoms. The van der Waals surface area contributed by atoms with Crippen LogP contribution < -0.4 is 5.32 Å². The maximum absolute atomic E-state index is 10.3. The van der Waals surface area contributed by atoms with Gasteiger partial charge in [0.25, 0.3) is 11.8 Å². The molecule has 2 atom stereocenters. The molecule has 0 aromatic rings. The Balaban J connectivity index is 2.77. The number of imide groups is 1. The first kappa shape index (κ1) is 6.18.